The summed E-state index contributed by atoms with van der Waals surface area (Å²) in [5.41, 5.74) is 2.49. The minimum Gasteiger partial charge on any atom is -0.507 e. The molecule has 0 saturated carbocycles. The van der Waals surface area contributed by atoms with E-state index in [0.717, 1.165) is 24.0 Å². The number of rotatable bonds is 8. The Kier molecular flexibility index (Phi) is 7.17. The zero-order valence-corrected chi connectivity index (χ0v) is 19.7. The van der Waals surface area contributed by atoms with Gasteiger partial charge in [0.1, 0.15) is 18.1 Å². The highest BCUT2D eigenvalue weighted by atomic mass is 16.5. The molecule has 2 aliphatic heterocycles. The maximum Gasteiger partial charge on any atom is 0.295 e. The molecule has 2 aliphatic rings. The smallest absolute Gasteiger partial charge is 0.295 e. The van der Waals surface area contributed by atoms with Crippen LogP contribution in [0.5, 0.6) is 5.75 Å². The summed E-state index contributed by atoms with van der Waals surface area (Å²) in [6, 6.07) is 14.0. The highest BCUT2D eigenvalue weighted by Gasteiger charge is 2.47. The highest BCUT2D eigenvalue weighted by Crippen LogP contribution is 2.40. The van der Waals surface area contributed by atoms with Crippen LogP contribution in [0.3, 0.4) is 0 Å². The number of carbonyl (C=O) groups excluding carboxylic acids is 2. The van der Waals surface area contributed by atoms with Gasteiger partial charge >= 0.3 is 0 Å². The molecule has 6 heteroatoms. The highest BCUT2D eigenvalue weighted by molar-refractivity contribution is 6.46. The van der Waals surface area contributed by atoms with E-state index < -0.39 is 17.7 Å². The summed E-state index contributed by atoms with van der Waals surface area (Å²) in [7, 11) is 0. The van der Waals surface area contributed by atoms with Crippen molar-refractivity contribution in [1.29, 1.82) is 0 Å². The number of hydrogen-bond donors (Lipinski definition) is 1. The van der Waals surface area contributed by atoms with Gasteiger partial charge < -0.3 is 19.5 Å². The minimum absolute atomic E-state index is 0.0973. The number of aliphatic hydroxyl groups is 1. The average Bonchev–Trinajstić information content (AvgIpc) is 3.45. The molecule has 178 valence electrons. The molecule has 2 heterocycles. The van der Waals surface area contributed by atoms with Crippen LogP contribution in [0.4, 0.5) is 0 Å². The quantitative estimate of drug-likeness (QED) is 0.260. The molecule has 2 saturated heterocycles. The molecule has 0 spiro atoms. The largest absolute Gasteiger partial charge is 0.507 e. The van der Waals surface area contributed by atoms with Crippen molar-refractivity contribution in [2.45, 2.75) is 44.8 Å². The second kappa shape index (κ2) is 10.3. The Bertz CT molecular complexity index is 1080. The van der Waals surface area contributed by atoms with Gasteiger partial charge in [0.05, 0.1) is 17.7 Å². The molecule has 4 rings (SSSR count). The van der Waals surface area contributed by atoms with Gasteiger partial charge in [-0.05, 0) is 54.2 Å². The molecule has 2 atom stereocenters. The first-order valence-corrected chi connectivity index (χ1v) is 11.7. The number of Topliss-reactive ketones (excluding diaryl/α,β-unsaturated/α-hetero) is 1. The predicted molar refractivity (Wildman–Crippen MR) is 131 cm³/mol. The van der Waals surface area contributed by atoms with Gasteiger partial charge in [0.15, 0.2) is 0 Å². The summed E-state index contributed by atoms with van der Waals surface area (Å²) in [5.74, 6) is -0.507. The fraction of sp³-hybridized carbons (Fsp3) is 0.357. The molecule has 2 aromatic carbocycles. The Balaban J connectivity index is 1.75. The first-order valence-electron chi connectivity index (χ1n) is 11.7. The van der Waals surface area contributed by atoms with E-state index in [1.807, 2.05) is 24.3 Å². The molecular weight excluding hydrogens is 430 g/mol. The van der Waals surface area contributed by atoms with E-state index in [1.54, 1.807) is 35.2 Å². The van der Waals surface area contributed by atoms with Crippen molar-refractivity contribution in [3.63, 3.8) is 0 Å². The van der Waals surface area contributed by atoms with Crippen molar-refractivity contribution in [2.75, 3.05) is 19.8 Å². The third kappa shape index (κ3) is 4.77. The van der Waals surface area contributed by atoms with E-state index >= 15 is 0 Å². The monoisotopic (exact) mass is 461 g/mol. The average molecular weight is 462 g/mol. The zero-order chi connectivity index (χ0) is 24.2. The summed E-state index contributed by atoms with van der Waals surface area (Å²) in [4.78, 5) is 27.9. The van der Waals surface area contributed by atoms with Crippen LogP contribution in [-0.2, 0) is 14.3 Å². The fourth-order valence-corrected chi connectivity index (χ4v) is 4.51. The predicted octanol–water partition coefficient (Wildman–Crippen LogP) is 4.98. The second-order valence-electron chi connectivity index (χ2n) is 9.03. The topological polar surface area (TPSA) is 76.1 Å². The number of hydrogen-bond acceptors (Lipinski definition) is 5. The second-order valence-corrected chi connectivity index (χ2v) is 9.03. The summed E-state index contributed by atoms with van der Waals surface area (Å²) in [6.45, 7) is 9.19. The molecule has 6 nitrogen and oxygen atoms in total. The van der Waals surface area contributed by atoms with E-state index in [0.29, 0.717) is 37.0 Å². The zero-order valence-electron chi connectivity index (χ0n) is 19.7. The maximum atomic E-state index is 13.2. The first-order chi connectivity index (χ1) is 16.4. The molecule has 0 aliphatic carbocycles. The maximum absolute atomic E-state index is 13.2. The van der Waals surface area contributed by atoms with Gasteiger partial charge in [0.25, 0.3) is 11.7 Å². The van der Waals surface area contributed by atoms with E-state index in [1.165, 1.54) is 0 Å². The third-order valence-corrected chi connectivity index (χ3v) is 6.38. The third-order valence-electron chi connectivity index (χ3n) is 6.38. The molecule has 1 amide bonds. The molecule has 34 heavy (non-hydrogen) atoms. The molecule has 0 bridgehead atoms. The van der Waals surface area contributed by atoms with Crippen LogP contribution in [0.25, 0.3) is 5.76 Å². The molecule has 0 radical (unpaired) electrons. The number of benzene rings is 2. The Morgan fingerprint density at radius 3 is 2.47 bits per heavy atom. The van der Waals surface area contributed by atoms with Gasteiger partial charge in [-0.2, -0.15) is 0 Å². The Morgan fingerprint density at radius 1 is 1.18 bits per heavy atom. The Morgan fingerprint density at radius 2 is 1.88 bits per heavy atom. The lowest BCUT2D eigenvalue weighted by Crippen LogP contribution is -2.36. The Labute approximate surface area is 200 Å². The summed E-state index contributed by atoms with van der Waals surface area (Å²) in [5, 5.41) is 11.2. The van der Waals surface area contributed by atoms with Crippen LogP contribution in [0.2, 0.25) is 0 Å². The van der Waals surface area contributed by atoms with Crippen LogP contribution in [-0.4, -0.2) is 47.6 Å². The van der Waals surface area contributed by atoms with Crippen molar-refractivity contribution in [3.8, 4) is 5.75 Å². The van der Waals surface area contributed by atoms with Gasteiger partial charge in [-0.25, -0.2) is 0 Å². The van der Waals surface area contributed by atoms with Crippen molar-refractivity contribution >= 4 is 17.4 Å². The van der Waals surface area contributed by atoms with Crippen LogP contribution in [0.1, 0.15) is 55.3 Å². The Hall–Kier alpha value is -3.38. The van der Waals surface area contributed by atoms with Gasteiger partial charge in [0, 0.05) is 18.7 Å². The summed E-state index contributed by atoms with van der Waals surface area (Å²) >= 11 is 0. The van der Waals surface area contributed by atoms with E-state index in [9.17, 15) is 14.7 Å². The first kappa shape index (κ1) is 23.8. The number of ketones is 1. The molecule has 0 unspecified atom stereocenters. The van der Waals surface area contributed by atoms with Crippen molar-refractivity contribution in [3.05, 3.63) is 83.4 Å². The van der Waals surface area contributed by atoms with Gasteiger partial charge in [-0.15, -0.1) is 0 Å². The van der Waals surface area contributed by atoms with Crippen LogP contribution < -0.4 is 4.74 Å². The number of carbonyl (C=O) groups is 2. The van der Waals surface area contributed by atoms with E-state index in [-0.39, 0.29) is 17.4 Å². The van der Waals surface area contributed by atoms with Crippen LogP contribution in [0, 0.1) is 0 Å². The SMILES string of the molecule is C=CCOc1ccc(C(O)=C2C(=O)C(=O)N(C[C@H]3CCCO3)[C@H]2c2ccc(C(C)C)cc2)cc1. The van der Waals surface area contributed by atoms with Gasteiger partial charge in [0.2, 0.25) is 0 Å². The van der Waals surface area contributed by atoms with E-state index in [4.69, 9.17) is 9.47 Å². The normalized spacial score (nSPS) is 21.9. The molecule has 2 fully saturated rings. The van der Waals surface area contributed by atoms with Crippen LogP contribution >= 0.6 is 0 Å². The van der Waals surface area contributed by atoms with Crippen molar-refractivity contribution < 1.29 is 24.2 Å². The number of likely N-dealkylation sites (tertiary alicyclic amines) is 1. The number of aliphatic hydroxyl groups excluding tert-OH is 1. The van der Waals surface area contributed by atoms with Crippen molar-refractivity contribution in [2.24, 2.45) is 0 Å². The number of nitrogens with zero attached hydrogens (tertiary/aromatic N) is 1. The lowest BCUT2D eigenvalue weighted by Gasteiger charge is -2.27. The van der Waals surface area contributed by atoms with Gasteiger partial charge in [-0.3, -0.25) is 9.59 Å². The molecule has 1 N–H and O–H groups in total. The van der Waals surface area contributed by atoms with Crippen LogP contribution in [0.15, 0.2) is 66.8 Å². The molecule has 2 aromatic rings. The molecular formula is C28H31NO5. The lowest BCUT2D eigenvalue weighted by molar-refractivity contribution is -0.140. The lowest BCUT2D eigenvalue weighted by atomic mass is 9.93. The van der Waals surface area contributed by atoms with E-state index in [2.05, 4.69) is 20.4 Å². The van der Waals surface area contributed by atoms with Gasteiger partial charge in [-0.1, -0.05) is 50.8 Å². The standard InChI is InChI=1S/C28H31NO5/c1-4-15-33-22-13-11-21(12-14-22)26(30)24-25(20-9-7-19(8-10-20)18(2)3)29(28(32)27(24)31)17-23-6-5-16-34-23/h4,7-14,18,23,25,30H,1,5-6,15-17H2,2-3H3/t23-,25+/m1/s1. The number of ether oxygens (including phenoxy) is 2. The summed E-state index contributed by atoms with van der Waals surface area (Å²) < 4.78 is 11.3. The summed E-state index contributed by atoms with van der Waals surface area (Å²) in [6.07, 6.45) is 3.31. The van der Waals surface area contributed by atoms with Crippen molar-refractivity contribution in [1.82, 2.24) is 4.90 Å². The number of amides is 1. The minimum atomic E-state index is -0.680. The molecule has 0 aromatic heterocycles. The fourth-order valence-electron chi connectivity index (χ4n) is 4.51.